The Hall–Kier alpha value is -0.610. The van der Waals surface area contributed by atoms with E-state index < -0.39 is 0 Å². The van der Waals surface area contributed by atoms with Gasteiger partial charge in [0, 0.05) is 0 Å². The topological polar surface area (TPSA) is 38.8 Å². The molecule has 4 heteroatoms. The van der Waals surface area contributed by atoms with Crippen molar-refractivity contribution in [1.29, 1.82) is 0 Å². The van der Waals surface area contributed by atoms with Crippen LogP contribution < -0.4 is 0 Å². The molecule has 0 aliphatic carbocycles. The van der Waals surface area contributed by atoms with Gasteiger partial charge in [-0.2, -0.15) is 0 Å². The lowest BCUT2D eigenvalue weighted by atomic mass is 10.5. The average molecular weight is 117 g/mol. The van der Waals surface area contributed by atoms with Crippen molar-refractivity contribution in [2.45, 2.75) is 6.42 Å². The zero-order valence-electron chi connectivity index (χ0n) is 4.59. The van der Waals surface area contributed by atoms with Crippen LogP contribution in [-0.2, 0) is 14.5 Å². The monoisotopic (exact) mass is 117 g/mol. The lowest BCUT2D eigenvalue weighted by molar-refractivity contribution is -0.307. The van der Waals surface area contributed by atoms with Crippen LogP contribution in [0.25, 0.3) is 0 Å². The molecule has 0 saturated carbocycles. The lowest BCUT2D eigenvalue weighted by Gasteiger charge is -2.07. The van der Waals surface area contributed by atoms with E-state index in [0.717, 1.165) is 5.23 Å². The summed E-state index contributed by atoms with van der Waals surface area (Å²) in [6.45, 7) is 0.437. The van der Waals surface area contributed by atoms with E-state index in [-0.39, 0.29) is 5.91 Å². The smallest absolute Gasteiger partial charge is 0.270 e. The van der Waals surface area contributed by atoms with Crippen molar-refractivity contribution in [3.05, 3.63) is 0 Å². The van der Waals surface area contributed by atoms with Gasteiger partial charge in [-0.25, -0.2) is 9.68 Å². The molecule has 0 aromatic heterocycles. The zero-order chi connectivity index (χ0) is 5.98. The van der Waals surface area contributed by atoms with Crippen LogP contribution in [0, 0.1) is 0 Å². The summed E-state index contributed by atoms with van der Waals surface area (Å²) in [5, 5.41) is 0.889. The standard InChI is InChI=1S/C4H7NO3/c1-7-5-4(6)2-3-8-5/h2-3H2,1H3. The quantitative estimate of drug-likeness (QED) is 0.473. The molecule has 1 fully saturated rings. The minimum Gasteiger partial charge on any atom is -0.270 e. The number of rotatable bonds is 1. The zero-order valence-corrected chi connectivity index (χ0v) is 4.59. The van der Waals surface area contributed by atoms with Crippen molar-refractivity contribution >= 4 is 5.91 Å². The highest BCUT2D eigenvalue weighted by molar-refractivity contribution is 5.75. The molecule has 0 radical (unpaired) electrons. The minimum atomic E-state index is -0.118. The van der Waals surface area contributed by atoms with E-state index in [9.17, 15) is 4.79 Å². The molecular formula is C4H7NO3. The third-order valence-corrected chi connectivity index (χ3v) is 0.894. The van der Waals surface area contributed by atoms with Crippen molar-refractivity contribution in [3.8, 4) is 0 Å². The second-order valence-electron chi connectivity index (χ2n) is 1.42. The van der Waals surface area contributed by atoms with Gasteiger partial charge in [0.25, 0.3) is 5.91 Å². The number of hydrogen-bond acceptors (Lipinski definition) is 3. The molecule has 1 aliphatic rings. The maximum absolute atomic E-state index is 10.5. The van der Waals surface area contributed by atoms with Gasteiger partial charge >= 0.3 is 0 Å². The highest BCUT2D eigenvalue weighted by atomic mass is 17.0. The van der Waals surface area contributed by atoms with Crippen LogP contribution in [0.15, 0.2) is 0 Å². The molecule has 0 aromatic carbocycles. The molecule has 1 amide bonds. The Morgan fingerprint density at radius 2 is 2.62 bits per heavy atom. The summed E-state index contributed by atoms with van der Waals surface area (Å²) in [5.41, 5.74) is 0. The maximum Gasteiger partial charge on any atom is 0.275 e. The highest BCUT2D eigenvalue weighted by Gasteiger charge is 2.20. The summed E-state index contributed by atoms with van der Waals surface area (Å²) in [6, 6.07) is 0. The molecule has 0 aromatic rings. The van der Waals surface area contributed by atoms with E-state index in [0.29, 0.717) is 13.0 Å². The van der Waals surface area contributed by atoms with E-state index >= 15 is 0 Å². The Labute approximate surface area is 46.9 Å². The van der Waals surface area contributed by atoms with Crippen LogP contribution in [0.1, 0.15) is 6.42 Å². The van der Waals surface area contributed by atoms with Crippen LogP contribution in [0.5, 0.6) is 0 Å². The fraction of sp³-hybridized carbons (Fsp3) is 0.750. The average Bonchev–Trinajstić information content (AvgIpc) is 2.14. The van der Waals surface area contributed by atoms with Gasteiger partial charge in [0.1, 0.15) is 0 Å². The Morgan fingerprint density at radius 1 is 1.88 bits per heavy atom. The van der Waals surface area contributed by atoms with E-state index in [2.05, 4.69) is 9.68 Å². The summed E-state index contributed by atoms with van der Waals surface area (Å²) < 4.78 is 0. The van der Waals surface area contributed by atoms with Crippen molar-refractivity contribution in [1.82, 2.24) is 5.23 Å². The van der Waals surface area contributed by atoms with Crippen LogP contribution in [0.4, 0.5) is 0 Å². The van der Waals surface area contributed by atoms with Gasteiger partial charge < -0.3 is 0 Å². The predicted octanol–water partition coefficient (Wildman–Crippen LogP) is -0.288. The number of nitrogens with zero attached hydrogens (tertiary/aromatic N) is 1. The number of hydrogen-bond donors (Lipinski definition) is 0. The van der Waals surface area contributed by atoms with Crippen molar-refractivity contribution in [3.63, 3.8) is 0 Å². The first-order chi connectivity index (χ1) is 3.84. The van der Waals surface area contributed by atoms with E-state index in [1.54, 1.807) is 0 Å². The minimum absolute atomic E-state index is 0.118. The van der Waals surface area contributed by atoms with Crippen LogP contribution >= 0.6 is 0 Å². The predicted molar refractivity (Wildman–Crippen MR) is 24.4 cm³/mol. The van der Waals surface area contributed by atoms with Crippen molar-refractivity contribution < 1.29 is 14.5 Å². The number of carbonyl (C=O) groups excluding carboxylic acids is 1. The maximum atomic E-state index is 10.5. The van der Waals surface area contributed by atoms with Gasteiger partial charge in [-0.15, -0.1) is 0 Å². The molecule has 0 spiro atoms. The van der Waals surface area contributed by atoms with E-state index in [4.69, 9.17) is 0 Å². The summed E-state index contributed by atoms with van der Waals surface area (Å²) in [4.78, 5) is 19.6. The van der Waals surface area contributed by atoms with Crippen molar-refractivity contribution in [2.24, 2.45) is 0 Å². The molecule has 1 heterocycles. The summed E-state index contributed by atoms with van der Waals surface area (Å²) in [6.07, 6.45) is 0.424. The molecule has 0 N–H and O–H groups in total. The van der Waals surface area contributed by atoms with Gasteiger partial charge in [0.05, 0.1) is 20.1 Å². The Morgan fingerprint density at radius 3 is 2.88 bits per heavy atom. The molecule has 1 aliphatic heterocycles. The van der Waals surface area contributed by atoms with Gasteiger partial charge in [-0.3, -0.25) is 4.79 Å². The van der Waals surface area contributed by atoms with Crippen LogP contribution in [0.2, 0.25) is 0 Å². The SMILES string of the molecule is CON1OCCC1=O. The third kappa shape index (κ3) is 0.801. The lowest BCUT2D eigenvalue weighted by Crippen LogP contribution is -2.21. The van der Waals surface area contributed by atoms with Crippen molar-refractivity contribution in [2.75, 3.05) is 13.7 Å². The molecule has 8 heavy (non-hydrogen) atoms. The van der Waals surface area contributed by atoms with Crippen LogP contribution in [0.3, 0.4) is 0 Å². The normalized spacial score (nSPS) is 20.1. The van der Waals surface area contributed by atoms with Gasteiger partial charge in [0.2, 0.25) is 0 Å². The molecule has 4 nitrogen and oxygen atoms in total. The van der Waals surface area contributed by atoms with E-state index in [1.165, 1.54) is 7.11 Å². The molecular weight excluding hydrogens is 110 g/mol. The van der Waals surface area contributed by atoms with Gasteiger partial charge in [0.15, 0.2) is 0 Å². The second kappa shape index (κ2) is 2.11. The highest BCUT2D eigenvalue weighted by Crippen LogP contribution is 2.04. The first-order valence-electron chi connectivity index (χ1n) is 2.34. The Bertz CT molecular complexity index is 103. The fourth-order valence-corrected chi connectivity index (χ4v) is 0.534. The molecule has 0 bridgehead atoms. The number of hydroxylamine groups is 2. The number of carbonyl (C=O) groups is 1. The van der Waals surface area contributed by atoms with Gasteiger partial charge in [-0.1, -0.05) is 5.23 Å². The van der Waals surface area contributed by atoms with Crippen LogP contribution in [-0.4, -0.2) is 24.9 Å². The van der Waals surface area contributed by atoms with E-state index in [1.807, 2.05) is 0 Å². The molecule has 1 saturated heterocycles. The Balaban J connectivity index is 2.42. The summed E-state index contributed by atoms with van der Waals surface area (Å²) >= 11 is 0. The molecule has 46 valence electrons. The molecule has 1 rings (SSSR count). The first-order valence-corrected chi connectivity index (χ1v) is 2.34. The largest absolute Gasteiger partial charge is 0.275 e. The molecule has 0 unspecified atom stereocenters. The molecule has 0 atom stereocenters. The summed E-state index contributed by atoms with van der Waals surface area (Å²) in [5.74, 6) is -0.118. The third-order valence-electron chi connectivity index (χ3n) is 0.894. The second-order valence-corrected chi connectivity index (χ2v) is 1.42. The first kappa shape index (κ1) is 5.53. The fourth-order valence-electron chi connectivity index (χ4n) is 0.534. The number of amides is 1. The van der Waals surface area contributed by atoms with Gasteiger partial charge in [-0.05, 0) is 0 Å². The Kier molecular flexibility index (Phi) is 1.45. The summed E-state index contributed by atoms with van der Waals surface area (Å²) in [7, 11) is 1.39.